The van der Waals surface area contributed by atoms with Crippen LogP contribution in [0, 0.1) is 11.3 Å². The lowest BCUT2D eigenvalue weighted by molar-refractivity contribution is -0.112. The molecule has 4 aromatic rings. The van der Waals surface area contributed by atoms with Crippen molar-refractivity contribution in [3.63, 3.8) is 0 Å². The molecule has 202 valence electrons. The van der Waals surface area contributed by atoms with Crippen molar-refractivity contribution in [1.29, 1.82) is 5.26 Å². The van der Waals surface area contributed by atoms with Crippen LogP contribution in [0.2, 0.25) is 5.02 Å². The molecule has 0 aliphatic heterocycles. The zero-order valence-electron chi connectivity index (χ0n) is 22.0. The molecule has 0 bridgehead atoms. The summed E-state index contributed by atoms with van der Waals surface area (Å²) in [5.74, 6) is 1.65. The second-order valence-electron chi connectivity index (χ2n) is 8.59. The Bertz CT molecular complexity index is 1550. The molecule has 0 saturated carbocycles. The number of nitrogens with zero attached hydrogens (tertiary/aromatic N) is 1. The fraction of sp³-hybridized carbons (Fsp3) is 0.125. The van der Waals surface area contributed by atoms with E-state index in [4.69, 9.17) is 30.5 Å². The molecule has 0 heterocycles. The summed E-state index contributed by atoms with van der Waals surface area (Å²) in [5, 5.41) is 12.7. The molecule has 0 aromatic heterocycles. The van der Waals surface area contributed by atoms with Crippen molar-refractivity contribution in [2.24, 2.45) is 0 Å². The van der Waals surface area contributed by atoms with Crippen LogP contribution in [0.4, 0.5) is 5.69 Å². The van der Waals surface area contributed by atoms with Crippen molar-refractivity contribution in [2.75, 3.05) is 19.5 Å². The highest BCUT2D eigenvalue weighted by Gasteiger charge is 2.13. The van der Waals surface area contributed by atoms with E-state index >= 15 is 0 Å². The number of ether oxygens (including phenoxy) is 4. The third-order valence-electron chi connectivity index (χ3n) is 5.81. The van der Waals surface area contributed by atoms with Gasteiger partial charge in [-0.3, -0.25) is 4.79 Å². The van der Waals surface area contributed by atoms with Gasteiger partial charge in [0.15, 0.2) is 23.0 Å². The smallest absolute Gasteiger partial charge is 0.266 e. The first-order valence-electron chi connectivity index (χ1n) is 12.3. The molecule has 4 rings (SSSR count). The van der Waals surface area contributed by atoms with E-state index in [0.29, 0.717) is 45.9 Å². The molecular formula is C32H27ClN2O5. The molecule has 0 saturated heterocycles. The Kier molecular flexibility index (Phi) is 9.65. The maximum Gasteiger partial charge on any atom is 0.266 e. The third-order valence-corrected chi connectivity index (χ3v) is 6.04. The minimum Gasteiger partial charge on any atom is -0.493 e. The van der Waals surface area contributed by atoms with Crippen molar-refractivity contribution in [3.05, 3.63) is 118 Å². The number of amides is 1. The number of nitrogens with one attached hydrogen (secondary N) is 1. The summed E-state index contributed by atoms with van der Waals surface area (Å²) in [5.41, 5.74) is 2.96. The van der Waals surface area contributed by atoms with Crippen molar-refractivity contribution >= 4 is 29.3 Å². The summed E-state index contributed by atoms with van der Waals surface area (Å²) in [7, 11) is 3.12. The van der Waals surface area contributed by atoms with E-state index in [1.54, 1.807) is 49.6 Å². The topological polar surface area (TPSA) is 89.8 Å². The lowest BCUT2D eigenvalue weighted by Crippen LogP contribution is -2.13. The van der Waals surface area contributed by atoms with Gasteiger partial charge in [-0.1, -0.05) is 60.1 Å². The predicted molar refractivity (Wildman–Crippen MR) is 155 cm³/mol. The van der Waals surface area contributed by atoms with Gasteiger partial charge in [0.2, 0.25) is 0 Å². The molecule has 0 spiro atoms. The molecule has 7 nitrogen and oxygen atoms in total. The first-order valence-corrected chi connectivity index (χ1v) is 12.7. The second-order valence-corrected chi connectivity index (χ2v) is 9.03. The monoisotopic (exact) mass is 554 g/mol. The number of rotatable bonds is 11. The summed E-state index contributed by atoms with van der Waals surface area (Å²) >= 11 is 5.97. The number of carbonyl (C=O) groups is 1. The lowest BCUT2D eigenvalue weighted by atomic mass is 10.1. The average Bonchev–Trinajstić information content (AvgIpc) is 2.98. The summed E-state index contributed by atoms with van der Waals surface area (Å²) in [4.78, 5) is 12.6. The van der Waals surface area contributed by atoms with E-state index in [2.05, 4.69) is 5.32 Å². The number of hydrogen-bond donors (Lipinski definition) is 1. The first-order chi connectivity index (χ1) is 19.5. The van der Waals surface area contributed by atoms with Crippen LogP contribution in [0.25, 0.3) is 6.08 Å². The number of benzene rings is 4. The average molecular weight is 555 g/mol. The molecule has 1 N–H and O–H groups in total. The Morgan fingerprint density at radius 1 is 0.800 bits per heavy atom. The molecule has 0 atom stereocenters. The first kappa shape index (κ1) is 28.1. The van der Waals surface area contributed by atoms with Gasteiger partial charge in [0, 0.05) is 10.7 Å². The quantitative estimate of drug-likeness (QED) is 0.158. The highest BCUT2D eigenvalue weighted by Crippen LogP contribution is 2.32. The standard InChI is InChI=1S/C32H27ClN2O5/c1-37-30-16-23(15-25(19-34)32(36)35-27-10-6-9-26(33)18-27)11-13-28(30)40-21-24-12-14-29(31(17-24)38-2)39-20-22-7-4-3-5-8-22/h3-18H,20-21H2,1-2H3,(H,35,36)/b25-15-. The van der Waals surface area contributed by atoms with Crippen molar-refractivity contribution in [1.82, 2.24) is 0 Å². The van der Waals surface area contributed by atoms with E-state index in [-0.39, 0.29) is 12.2 Å². The Morgan fingerprint density at radius 3 is 2.15 bits per heavy atom. The number of carbonyl (C=O) groups excluding carboxylic acids is 1. The van der Waals surface area contributed by atoms with E-state index < -0.39 is 5.91 Å². The van der Waals surface area contributed by atoms with Gasteiger partial charge >= 0.3 is 0 Å². The SMILES string of the molecule is COc1cc(/C=C(/C#N)C(=O)Nc2cccc(Cl)c2)ccc1OCc1ccc(OCc2ccccc2)c(OC)c1. The normalized spacial score (nSPS) is 10.8. The van der Waals surface area contributed by atoms with Gasteiger partial charge in [-0.25, -0.2) is 0 Å². The molecule has 40 heavy (non-hydrogen) atoms. The van der Waals surface area contributed by atoms with Gasteiger partial charge in [0.05, 0.1) is 14.2 Å². The van der Waals surface area contributed by atoms with Gasteiger partial charge in [-0.05, 0) is 65.2 Å². The Morgan fingerprint density at radius 2 is 1.48 bits per heavy atom. The number of anilines is 1. The molecular weight excluding hydrogens is 528 g/mol. The Labute approximate surface area is 238 Å². The fourth-order valence-corrected chi connectivity index (χ4v) is 3.98. The Balaban J connectivity index is 1.42. The zero-order chi connectivity index (χ0) is 28.3. The molecule has 0 aliphatic carbocycles. The van der Waals surface area contributed by atoms with Crippen LogP contribution in [0.15, 0.2) is 96.6 Å². The lowest BCUT2D eigenvalue weighted by Gasteiger charge is -2.14. The van der Waals surface area contributed by atoms with Gasteiger partial charge in [-0.15, -0.1) is 0 Å². The number of hydrogen-bond acceptors (Lipinski definition) is 6. The largest absolute Gasteiger partial charge is 0.493 e. The fourth-order valence-electron chi connectivity index (χ4n) is 3.79. The van der Waals surface area contributed by atoms with Crippen LogP contribution in [0.5, 0.6) is 23.0 Å². The van der Waals surface area contributed by atoms with Crippen LogP contribution in [0.1, 0.15) is 16.7 Å². The molecule has 1 amide bonds. The Hall–Kier alpha value is -4.93. The maximum absolute atomic E-state index is 12.6. The summed E-state index contributed by atoms with van der Waals surface area (Å²) in [6, 6.07) is 29.3. The molecule has 4 aromatic carbocycles. The molecule has 0 unspecified atom stereocenters. The molecule has 8 heteroatoms. The highest BCUT2D eigenvalue weighted by molar-refractivity contribution is 6.31. The number of nitriles is 1. The van der Waals surface area contributed by atoms with Gasteiger partial charge in [0.1, 0.15) is 24.9 Å². The molecule has 0 aliphatic rings. The van der Waals surface area contributed by atoms with Crippen LogP contribution in [-0.2, 0) is 18.0 Å². The molecule has 0 radical (unpaired) electrons. The minimum absolute atomic E-state index is 0.0719. The summed E-state index contributed by atoms with van der Waals surface area (Å²) in [6.45, 7) is 0.688. The zero-order valence-corrected chi connectivity index (χ0v) is 22.8. The second kappa shape index (κ2) is 13.7. The van der Waals surface area contributed by atoms with E-state index in [1.165, 1.54) is 13.2 Å². The van der Waals surface area contributed by atoms with Crippen LogP contribution < -0.4 is 24.3 Å². The number of halogens is 1. The minimum atomic E-state index is -0.547. The highest BCUT2D eigenvalue weighted by atomic mass is 35.5. The van der Waals surface area contributed by atoms with Crippen LogP contribution in [0.3, 0.4) is 0 Å². The van der Waals surface area contributed by atoms with Crippen LogP contribution >= 0.6 is 11.6 Å². The van der Waals surface area contributed by atoms with Gasteiger partial charge in [0.25, 0.3) is 5.91 Å². The van der Waals surface area contributed by atoms with E-state index in [0.717, 1.165) is 11.1 Å². The van der Waals surface area contributed by atoms with E-state index in [9.17, 15) is 10.1 Å². The number of methoxy groups -OCH3 is 2. The summed E-state index contributed by atoms with van der Waals surface area (Å²) < 4.78 is 23.0. The van der Waals surface area contributed by atoms with Gasteiger partial charge in [-0.2, -0.15) is 5.26 Å². The van der Waals surface area contributed by atoms with E-state index in [1.807, 2.05) is 54.6 Å². The third kappa shape index (κ3) is 7.56. The molecule has 0 fully saturated rings. The predicted octanol–water partition coefficient (Wildman–Crippen LogP) is 7.06. The van der Waals surface area contributed by atoms with Crippen molar-refractivity contribution in [3.8, 4) is 29.1 Å². The summed E-state index contributed by atoms with van der Waals surface area (Å²) in [6.07, 6.45) is 1.48. The van der Waals surface area contributed by atoms with Crippen molar-refractivity contribution in [2.45, 2.75) is 13.2 Å². The maximum atomic E-state index is 12.6. The van der Waals surface area contributed by atoms with Gasteiger partial charge < -0.3 is 24.3 Å². The van der Waals surface area contributed by atoms with Crippen LogP contribution in [-0.4, -0.2) is 20.1 Å². The van der Waals surface area contributed by atoms with Crippen molar-refractivity contribution < 1.29 is 23.7 Å².